The second-order valence-corrected chi connectivity index (χ2v) is 33.8. The van der Waals surface area contributed by atoms with Crippen LogP contribution in [0.5, 0.6) is 28.7 Å². The van der Waals surface area contributed by atoms with Crippen LogP contribution in [0.3, 0.4) is 0 Å². The summed E-state index contributed by atoms with van der Waals surface area (Å²) in [6.45, 7) is 15.2. The summed E-state index contributed by atoms with van der Waals surface area (Å²) in [5.41, 5.74) is 19.6. The fourth-order valence-electron chi connectivity index (χ4n) is 13.7. The first-order valence-corrected chi connectivity index (χ1v) is 39.7. The Kier molecular flexibility index (Phi) is 24.4. The van der Waals surface area contributed by atoms with Crippen molar-refractivity contribution in [1.82, 2.24) is 16.0 Å². The number of nitrogens with zero attached hydrogens (tertiary/aromatic N) is 8. The molecule has 10 aliphatic heterocycles. The van der Waals surface area contributed by atoms with E-state index in [9.17, 15) is 44.7 Å². The number of amides is 3. The van der Waals surface area contributed by atoms with Gasteiger partial charge in [0.05, 0.1) is 75.5 Å². The van der Waals surface area contributed by atoms with E-state index in [-0.39, 0.29) is 28.5 Å². The van der Waals surface area contributed by atoms with Gasteiger partial charge in [-0.15, -0.1) is 0 Å². The van der Waals surface area contributed by atoms with Crippen LogP contribution in [0.4, 0.5) is 32.3 Å². The van der Waals surface area contributed by atoms with Gasteiger partial charge in [0.25, 0.3) is 17.1 Å². The Hall–Kier alpha value is -9.19. The van der Waals surface area contributed by atoms with Crippen LogP contribution in [0.2, 0.25) is 0 Å². The highest BCUT2D eigenvalue weighted by atomic mass is 32.2. The Morgan fingerprint density at radius 2 is 0.710 bits per heavy atom. The minimum atomic E-state index is -0.630. The van der Waals surface area contributed by atoms with E-state index in [0.717, 1.165) is 102 Å². The number of aliphatic imine (C=N–C) groups is 5. The minimum Gasteiger partial charge on any atom is -0.493 e. The van der Waals surface area contributed by atoms with Crippen molar-refractivity contribution in [3.05, 3.63) is 155 Å². The third-order valence-corrected chi connectivity index (χ3v) is 22.9. The van der Waals surface area contributed by atoms with Crippen molar-refractivity contribution in [1.29, 1.82) is 0 Å². The monoisotopic (exact) mass is 1560 g/mol. The number of para-hydroxylation sites is 1. The van der Waals surface area contributed by atoms with Crippen LogP contribution in [0, 0.1) is 30.3 Å². The van der Waals surface area contributed by atoms with E-state index in [1.165, 1.54) is 83.8 Å². The van der Waals surface area contributed by atoms with Crippen LogP contribution in [0.1, 0.15) is 140 Å². The number of hydrogen-bond donors (Lipinski definition) is 6. The van der Waals surface area contributed by atoms with Crippen molar-refractivity contribution < 1.29 is 62.3 Å². The molecule has 5 atom stereocenters. The summed E-state index contributed by atoms with van der Waals surface area (Å²) < 4.78 is 38.9. The number of alkyl carbamates (subject to hydrolysis) is 2. The number of fused-ring (bicyclic) bond motifs is 10. The number of anilines is 1. The van der Waals surface area contributed by atoms with Crippen LogP contribution >= 0.6 is 58.8 Å². The average molecular weight is 1560 g/mol. The molecule has 0 radical (unpaired) electrons. The Morgan fingerprint density at radius 3 is 1.05 bits per heavy atom. The second kappa shape index (κ2) is 33.1. The maximum absolute atomic E-state index is 12.0. The molecule has 10 aliphatic rings. The number of amidine groups is 5. The number of ether oxygens (including phenoxy) is 7. The number of nitro benzene ring substituents is 3. The van der Waals surface area contributed by atoms with Gasteiger partial charge in [-0.3, -0.25) is 70.7 Å². The van der Waals surface area contributed by atoms with Crippen molar-refractivity contribution >= 4 is 125 Å². The highest BCUT2D eigenvalue weighted by Crippen LogP contribution is 2.52. The van der Waals surface area contributed by atoms with E-state index in [1.807, 2.05) is 57.2 Å². The number of carbonyl (C=O) groups excluding carboxylic acids is 3. The lowest BCUT2D eigenvalue weighted by molar-refractivity contribution is -0.385. The van der Waals surface area contributed by atoms with Gasteiger partial charge in [-0.1, -0.05) is 77.0 Å². The quantitative estimate of drug-likeness (QED) is 0.0555. The van der Waals surface area contributed by atoms with Gasteiger partial charge >= 0.3 is 12.2 Å². The Labute approximate surface area is 639 Å². The second-order valence-electron chi connectivity index (χ2n) is 28.3. The molecule has 0 saturated carbocycles. The first-order chi connectivity index (χ1) is 50.9. The molecule has 3 amide bonds. The van der Waals surface area contributed by atoms with Gasteiger partial charge in [0.1, 0.15) is 39.9 Å². The van der Waals surface area contributed by atoms with E-state index in [4.69, 9.17) is 70.3 Å². The van der Waals surface area contributed by atoms with Gasteiger partial charge in [-0.25, -0.2) is 9.59 Å². The summed E-state index contributed by atoms with van der Waals surface area (Å²) in [7, 11) is 0. The van der Waals surface area contributed by atoms with Gasteiger partial charge in [0.15, 0.2) is 25.8 Å². The molecule has 5 spiro atoms. The summed E-state index contributed by atoms with van der Waals surface area (Å²) in [5.74, 6) is 7.85. The van der Waals surface area contributed by atoms with Crippen LogP contribution < -0.4 is 56.8 Å². The molecular weight excluding hydrogens is 1480 g/mol. The van der Waals surface area contributed by atoms with Gasteiger partial charge in [-0.2, -0.15) is 0 Å². The number of carbonyl (C=O) groups is 3. The zero-order chi connectivity index (χ0) is 76.5. The van der Waals surface area contributed by atoms with Crippen molar-refractivity contribution in [2.45, 2.75) is 152 Å². The fourth-order valence-corrected chi connectivity index (χ4v) is 18.7. The molecule has 5 aromatic rings. The lowest BCUT2D eigenvalue weighted by Gasteiger charge is -2.38. The summed E-state index contributed by atoms with van der Waals surface area (Å²) >= 11 is 7.62. The average Bonchev–Trinajstić information content (AvgIpc) is 0.787. The van der Waals surface area contributed by atoms with Crippen molar-refractivity contribution in [3.63, 3.8) is 0 Å². The van der Waals surface area contributed by atoms with Crippen LogP contribution in [0.25, 0.3) is 0 Å². The molecule has 10 heterocycles. The highest BCUT2D eigenvalue weighted by Gasteiger charge is 2.46. The topological polar surface area (TPSA) is 421 Å². The zero-order valence-electron chi connectivity index (χ0n) is 60.3. The molecule has 5 aromatic carbocycles. The first-order valence-electron chi connectivity index (χ1n) is 34.8. The number of nitrogen functional groups attached to an aromatic ring is 1. The van der Waals surface area contributed by atoms with Crippen LogP contribution in [-0.4, -0.2) is 132 Å². The lowest BCUT2D eigenvalue weighted by Crippen LogP contribution is -2.41. The number of nitrogens with one attached hydrogen (secondary N) is 3. The molecule has 5 unspecified atom stereocenters. The molecule has 15 rings (SSSR count). The van der Waals surface area contributed by atoms with Gasteiger partial charge in [-0.05, 0) is 116 Å². The number of nitro groups is 3. The molecule has 0 saturated heterocycles. The Balaban J connectivity index is 0.000000134. The smallest absolute Gasteiger partial charge is 0.413 e. The van der Waals surface area contributed by atoms with E-state index in [0.29, 0.717) is 106 Å². The predicted molar refractivity (Wildman–Crippen MR) is 419 cm³/mol. The number of benzene rings is 5. The number of nitrogens with two attached hydrogens (primary N) is 3. The summed E-state index contributed by atoms with van der Waals surface area (Å²) in [4.78, 5) is 90.8. The standard InChI is InChI=1S/C17H21N3O5S.C17H23N3O3S.C14H15N3O4S.C12H13N3O3S.C12H14N2OS/c1-16(2,3)25-15(21)18-14-19-17(7-9-26-14)6-8-24-13-5-4-11(20(22)23)10-12(13)17;1-16(2,3)23-15(21)19-14-20-17(7-9-24-14)6-8-22-13-5-4-11(18)10-12(13)17;1-9(18)15-13-16-14(5-7-22-13)4-6-21-12-3-2-10(17(19)20)8-11(12)14;13-11-14-12(4-6-19-11)3-5-18-10-2-1-8(15(16)17)7-9(10)12;13-11-14-12(6-8-16-11)5-7-15-10-4-2-1-3-9(10)12/h4-5,10H,6-9H2,1-3H3,(H,18,19,21);4-5,10H,6-9,18H2,1-3H3,(H,19,20,21);2-3,8H,4-7H2,1H3,(H,15,16,18);1-2,7H,3-6H2,(H2,13,14);1-4H,5-8H2,(H2,13,14). The van der Waals surface area contributed by atoms with Crippen LogP contribution in [-0.2, 0) is 42.0 Å². The third-order valence-electron chi connectivity index (χ3n) is 18.7. The summed E-state index contributed by atoms with van der Waals surface area (Å²) in [6.07, 6.45) is 6.86. The normalized spacial score (nSPS) is 24.0. The van der Waals surface area contributed by atoms with Crippen molar-refractivity contribution in [2.75, 3.05) is 67.5 Å². The predicted octanol–water partition coefficient (Wildman–Crippen LogP) is 13.2. The molecule has 107 heavy (non-hydrogen) atoms. The molecule has 0 aliphatic carbocycles. The van der Waals surface area contributed by atoms with Crippen molar-refractivity contribution in [3.8, 4) is 28.7 Å². The SMILES string of the molecule is CC(=O)NC1=NC2(CCOc3ccc([N+](=O)[O-])cc32)CCS1.CC(C)(C)OC(=O)NC1=NC2(CCOc3ccc(N)cc32)CCS1.CC(C)(C)OC(=O)NC1=NC2(CCOc3ccc([N+](=O)[O-])cc32)CCS1.NC1=NC2(CCOc3ccc([N+](=O)[O-])cc32)CCS1.NC1=NC2(CCOc3ccccc32)CCS1. The van der Waals surface area contributed by atoms with Crippen molar-refractivity contribution in [2.24, 2.45) is 36.4 Å². The molecule has 9 N–H and O–H groups in total. The van der Waals surface area contributed by atoms with E-state index < -0.39 is 60.3 Å². The summed E-state index contributed by atoms with van der Waals surface area (Å²) in [6, 6.07) is 27.7. The van der Waals surface area contributed by atoms with Gasteiger partial charge < -0.3 is 55.7 Å². The Morgan fingerprint density at radius 1 is 0.411 bits per heavy atom. The fraction of sp³-hybridized carbons (Fsp3) is 0.472. The molecule has 0 fully saturated rings. The highest BCUT2D eigenvalue weighted by molar-refractivity contribution is 8.14. The Bertz CT molecular complexity index is 4420. The molecular formula is C72H86N14O16S5. The molecule has 35 heteroatoms. The van der Waals surface area contributed by atoms with E-state index >= 15 is 0 Å². The molecule has 570 valence electrons. The zero-order valence-corrected chi connectivity index (χ0v) is 64.3. The largest absolute Gasteiger partial charge is 0.493 e. The lowest BCUT2D eigenvalue weighted by atomic mass is 9.82. The number of rotatable bonds is 3. The maximum Gasteiger partial charge on any atom is 0.413 e. The number of non-ortho nitro benzene ring substituents is 3. The number of hydrogen-bond acceptors (Lipinski definition) is 29. The molecule has 30 nitrogen and oxygen atoms in total. The van der Waals surface area contributed by atoms with Gasteiger partial charge in [0, 0.05) is 138 Å². The summed E-state index contributed by atoms with van der Waals surface area (Å²) in [5, 5.41) is 44.2. The van der Waals surface area contributed by atoms with E-state index in [1.54, 1.807) is 62.9 Å². The number of thioether (sulfide) groups is 5. The van der Waals surface area contributed by atoms with Gasteiger partial charge in [0.2, 0.25) is 5.91 Å². The third kappa shape index (κ3) is 19.2. The van der Waals surface area contributed by atoms with Crippen LogP contribution in [0.15, 0.2) is 122 Å². The maximum atomic E-state index is 12.0. The minimum absolute atomic E-state index is 0.00343. The first kappa shape index (κ1) is 78.9. The molecule has 0 aromatic heterocycles. The van der Waals surface area contributed by atoms with E-state index in [2.05, 4.69) is 27.0 Å². The molecule has 0 bridgehead atoms.